The summed E-state index contributed by atoms with van der Waals surface area (Å²) in [7, 11) is 0. The Morgan fingerprint density at radius 3 is 2.50 bits per heavy atom. The highest BCUT2D eigenvalue weighted by Gasteiger charge is 2.40. The molecule has 1 fully saturated rings. The minimum Gasteiger partial charge on any atom is -0.466 e. The van der Waals surface area contributed by atoms with E-state index in [1.165, 1.54) is 11.1 Å². The summed E-state index contributed by atoms with van der Waals surface area (Å²) in [6, 6.07) is 8.05. The Bertz CT molecular complexity index is 880. The first kappa shape index (κ1) is 22.6. The zero-order valence-electron chi connectivity index (χ0n) is 18.9. The van der Waals surface area contributed by atoms with Gasteiger partial charge in [0.15, 0.2) is 0 Å². The molecule has 1 saturated carbocycles. The fourth-order valence-electron chi connectivity index (χ4n) is 5.42. The second kappa shape index (κ2) is 10.3. The third-order valence-corrected chi connectivity index (χ3v) is 7.21. The Morgan fingerprint density at radius 2 is 1.72 bits per heavy atom. The van der Waals surface area contributed by atoms with Crippen molar-refractivity contribution < 1.29 is 19.1 Å². The van der Waals surface area contributed by atoms with Crippen molar-refractivity contribution in [2.45, 2.75) is 64.5 Å². The number of rotatable bonds is 5. The van der Waals surface area contributed by atoms with E-state index in [4.69, 9.17) is 4.74 Å². The molecule has 2 unspecified atom stereocenters. The van der Waals surface area contributed by atoms with Gasteiger partial charge in [0.25, 0.3) is 0 Å². The number of esters is 1. The maximum Gasteiger partial charge on any atom is 0.311 e. The summed E-state index contributed by atoms with van der Waals surface area (Å²) < 4.78 is 5.24. The van der Waals surface area contributed by atoms with Crippen molar-refractivity contribution in [2.24, 2.45) is 17.8 Å². The lowest BCUT2D eigenvalue weighted by Crippen LogP contribution is -2.51. The summed E-state index contributed by atoms with van der Waals surface area (Å²) >= 11 is 0. The Morgan fingerprint density at radius 1 is 1.00 bits per heavy atom. The van der Waals surface area contributed by atoms with Crippen LogP contribution in [0.1, 0.15) is 56.6 Å². The fraction of sp³-hybridized carbons (Fsp3) is 0.577. The van der Waals surface area contributed by atoms with Gasteiger partial charge in [-0.2, -0.15) is 0 Å². The molecular weight excluding hydrogens is 404 g/mol. The molecule has 32 heavy (non-hydrogen) atoms. The van der Waals surface area contributed by atoms with Gasteiger partial charge in [-0.3, -0.25) is 14.4 Å². The van der Waals surface area contributed by atoms with Crippen molar-refractivity contribution >= 4 is 17.8 Å². The minimum absolute atomic E-state index is 0.0644. The highest BCUT2D eigenvalue weighted by atomic mass is 16.5. The summed E-state index contributed by atoms with van der Waals surface area (Å²) in [4.78, 5) is 41.1. The molecule has 1 heterocycles. The first-order valence-electron chi connectivity index (χ1n) is 12.1. The van der Waals surface area contributed by atoms with Crippen LogP contribution in [0.4, 0.5) is 0 Å². The molecule has 3 aliphatic rings. The third-order valence-electron chi connectivity index (χ3n) is 7.21. The number of fused-ring (bicyclic) bond motifs is 1. The van der Waals surface area contributed by atoms with Gasteiger partial charge in [-0.05, 0) is 50.2 Å². The molecule has 0 bridgehead atoms. The van der Waals surface area contributed by atoms with Crippen LogP contribution in [-0.4, -0.2) is 41.9 Å². The summed E-state index contributed by atoms with van der Waals surface area (Å²) in [6.07, 6.45) is 9.49. The molecule has 6 nitrogen and oxygen atoms in total. The molecule has 6 heteroatoms. The van der Waals surface area contributed by atoms with Crippen molar-refractivity contribution in [2.75, 3.05) is 13.2 Å². The lowest BCUT2D eigenvalue weighted by Gasteiger charge is -2.36. The number of carbonyl (C=O) groups excluding carboxylic acids is 3. The molecule has 2 amide bonds. The van der Waals surface area contributed by atoms with Gasteiger partial charge < -0.3 is 15.0 Å². The van der Waals surface area contributed by atoms with Gasteiger partial charge in [-0.1, -0.05) is 49.3 Å². The fourth-order valence-corrected chi connectivity index (χ4v) is 5.42. The van der Waals surface area contributed by atoms with E-state index in [0.29, 0.717) is 32.5 Å². The summed E-state index contributed by atoms with van der Waals surface area (Å²) in [5.74, 6) is -1.30. The number of allylic oxidation sites excluding steroid dienone is 2. The molecule has 1 aromatic rings. The van der Waals surface area contributed by atoms with E-state index in [-0.39, 0.29) is 35.7 Å². The van der Waals surface area contributed by atoms with Gasteiger partial charge in [0.05, 0.1) is 24.4 Å². The molecule has 0 aromatic heterocycles. The number of nitrogens with zero attached hydrogens (tertiary/aromatic N) is 1. The number of ether oxygens (including phenoxy) is 1. The second-order valence-corrected chi connectivity index (χ2v) is 9.19. The maximum absolute atomic E-state index is 13.5. The van der Waals surface area contributed by atoms with E-state index < -0.39 is 5.92 Å². The van der Waals surface area contributed by atoms with E-state index in [1.54, 1.807) is 6.92 Å². The van der Waals surface area contributed by atoms with Crippen LogP contribution < -0.4 is 5.32 Å². The van der Waals surface area contributed by atoms with Crippen LogP contribution in [0, 0.1) is 17.8 Å². The molecule has 0 radical (unpaired) electrons. The smallest absolute Gasteiger partial charge is 0.311 e. The zero-order valence-corrected chi connectivity index (χ0v) is 18.9. The van der Waals surface area contributed by atoms with Crippen molar-refractivity contribution in [3.8, 4) is 0 Å². The number of amides is 2. The van der Waals surface area contributed by atoms with E-state index >= 15 is 0 Å². The summed E-state index contributed by atoms with van der Waals surface area (Å²) in [5, 5.41) is 3.14. The Hall–Kier alpha value is -2.63. The van der Waals surface area contributed by atoms with Crippen LogP contribution >= 0.6 is 0 Å². The van der Waals surface area contributed by atoms with Crippen LogP contribution in [0.5, 0.6) is 0 Å². The lowest BCUT2D eigenvalue weighted by molar-refractivity contribution is -0.151. The van der Waals surface area contributed by atoms with Gasteiger partial charge in [-0.15, -0.1) is 0 Å². The number of carbonyl (C=O) groups is 3. The van der Waals surface area contributed by atoms with Crippen LogP contribution in [0.25, 0.3) is 0 Å². The summed E-state index contributed by atoms with van der Waals surface area (Å²) in [5.41, 5.74) is 2.50. The quantitative estimate of drug-likeness (QED) is 0.565. The Labute approximate surface area is 190 Å². The van der Waals surface area contributed by atoms with Crippen molar-refractivity contribution in [1.29, 1.82) is 0 Å². The predicted molar refractivity (Wildman–Crippen MR) is 121 cm³/mol. The Kier molecular flexibility index (Phi) is 7.28. The molecule has 2 aliphatic carbocycles. The first-order chi connectivity index (χ1) is 15.6. The Balaban J connectivity index is 1.44. The average Bonchev–Trinajstić information content (AvgIpc) is 2.83. The zero-order chi connectivity index (χ0) is 22.5. The van der Waals surface area contributed by atoms with E-state index in [9.17, 15) is 14.4 Å². The lowest BCUT2D eigenvalue weighted by atomic mass is 9.79. The van der Waals surface area contributed by atoms with E-state index in [0.717, 1.165) is 32.1 Å². The van der Waals surface area contributed by atoms with E-state index in [1.807, 2.05) is 29.2 Å². The molecule has 172 valence electrons. The molecule has 0 spiro atoms. The van der Waals surface area contributed by atoms with Crippen LogP contribution in [0.2, 0.25) is 0 Å². The highest BCUT2D eigenvalue weighted by molar-refractivity contribution is 5.89. The van der Waals surface area contributed by atoms with Gasteiger partial charge in [0.1, 0.15) is 0 Å². The SMILES string of the molecule is CCOC(=O)[C@@H]1CCCC[C@@H]1NC(=O)C1CC=CCC1C(=O)N1CCc2ccccc2C1. The second-order valence-electron chi connectivity index (χ2n) is 9.19. The number of benzene rings is 1. The monoisotopic (exact) mass is 438 g/mol. The maximum atomic E-state index is 13.5. The first-order valence-corrected chi connectivity index (χ1v) is 12.1. The van der Waals surface area contributed by atoms with Crippen LogP contribution in [0.3, 0.4) is 0 Å². The molecule has 1 aromatic carbocycles. The van der Waals surface area contributed by atoms with Gasteiger partial charge >= 0.3 is 5.97 Å². The number of hydrogen-bond acceptors (Lipinski definition) is 4. The van der Waals surface area contributed by atoms with Gasteiger partial charge in [-0.25, -0.2) is 0 Å². The standard InChI is InChI=1S/C26H34N2O4/c1-2-32-26(31)22-13-7-8-14-23(22)27-24(29)20-11-5-6-12-21(20)25(30)28-16-15-18-9-3-4-10-19(18)17-28/h3-6,9-10,20-23H,2,7-8,11-17H2,1H3,(H,27,29)/t20?,21?,22-,23+/m1/s1. The highest BCUT2D eigenvalue weighted by Crippen LogP contribution is 2.32. The molecular formula is C26H34N2O4. The normalized spacial score (nSPS) is 27.3. The predicted octanol–water partition coefficient (Wildman–Crippen LogP) is 3.39. The average molecular weight is 439 g/mol. The van der Waals surface area contributed by atoms with Gasteiger partial charge in [0.2, 0.25) is 11.8 Å². The number of hydrogen-bond donors (Lipinski definition) is 1. The van der Waals surface area contributed by atoms with Crippen molar-refractivity contribution in [3.63, 3.8) is 0 Å². The number of nitrogens with one attached hydrogen (secondary N) is 1. The molecule has 1 N–H and O–H groups in total. The van der Waals surface area contributed by atoms with Gasteiger partial charge in [0, 0.05) is 19.1 Å². The van der Waals surface area contributed by atoms with Crippen molar-refractivity contribution in [1.82, 2.24) is 10.2 Å². The van der Waals surface area contributed by atoms with Crippen LogP contribution in [0.15, 0.2) is 36.4 Å². The molecule has 4 rings (SSSR count). The summed E-state index contributed by atoms with van der Waals surface area (Å²) in [6.45, 7) is 3.45. The molecule has 1 aliphatic heterocycles. The minimum atomic E-state index is -0.394. The largest absolute Gasteiger partial charge is 0.466 e. The topological polar surface area (TPSA) is 75.7 Å². The van der Waals surface area contributed by atoms with Crippen molar-refractivity contribution in [3.05, 3.63) is 47.5 Å². The van der Waals surface area contributed by atoms with E-state index in [2.05, 4.69) is 17.4 Å². The molecule has 4 atom stereocenters. The van der Waals surface area contributed by atoms with Crippen LogP contribution in [-0.2, 0) is 32.1 Å². The third kappa shape index (κ3) is 4.89. The molecule has 0 saturated heterocycles.